The van der Waals surface area contributed by atoms with Crippen LogP contribution in [0.25, 0.3) is 11.3 Å². The predicted molar refractivity (Wildman–Crippen MR) is 85.1 cm³/mol. The lowest BCUT2D eigenvalue weighted by molar-refractivity contribution is 0.282. The predicted octanol–water partition coefficient (Wildman–Crippen LogP) is 4.39. The van der Waals surface area contributed by atoms with Crippen LogP contribution in [0.3, 0.4) is 0 Å². The van der Waals surface area contributed by atoms with E-state index in [-0.39, 0.29) is 0 Å². The summed E-state index contributed by atoms with van der Waals surface area (Å²) in [6, 6.07) is 7.64. The largest absolute Gasteiger partial charge is 0.439 e. The molecule has 0 spiro atoms. The van der Waals surface area contributed by atoms with Crippen molar-refractivity contribution in [3.05, 3.63) is 54.0 Å². The Morgan fingerprint density at radius 3 is 3.19 bits per heavy atom. The third-order valence-electron chi connectivity index (χ3n) is 3.89. The Kier molecular flexibility index (Phi) is 4.42. The summed E-state index contributed by atoms with van der Waals surface area (Å²) >= 11 is 6.01. The van der Waals surface area contributed by atoms with Crippen LogP contribution >= 0.6 is 11.6 Å². The van der Waals surface area contributed by atoms with Crippen molar-refractivity contribution in [3.63, 3.8) is 0 Å². The molecule has 3 rings (SSSR count). The minimum atomic E-state index is 0.706. The normalized spacial score (nSPS) is 19.0. The highest BCUT2D eigenvalue weighted by molar-refractivity contribution is 6.30. The summed E-state index contributed by atoms with van der Waals surface area (Å²) in [4.78, 5) is 6.78. The molecule has 1 aliphatic heterocycles. The minimum Gasteiger partial charge on any atom is -0.439 e. The number of hydrogen-bond donors (Lipinski definition) is 0. The van der Waals surface area contributed by atoms with Gasteiger partial charge in [0.15, 0.2) is 5.76 Å². The van der Waals surface area contributed by atoms with Crippen molar-refractivity contribution in [3.8, 4) is 11.3 Å². The number of benzene rings is 1. The van der Waals surface area contributed by atoms with Gasteiger partial charge < -0.3 is 4.42 Å². The number of halogens is 1. The van der Waals surface area contributed by atoms with Gasteiger partial charge in [0.25, 0.3) is 0 Å². The summed E-state index contributed by atoms with van der Waals surface area (Å²) in [6.45, 7) is 6.79. The standard InChI is InChI=1S/C17H19ClN2O/c1-2-4-13-7-8-20(11-13)12-17-19-10-16(21-17)14-5-3-6-15(18)9-14/h2-3,5-6,9-10,13H,1,4,7-8,11-12H2. The molecule has 1 unspecified atom stereocenters. The molecule has 0 amide bonds. The fourth-order valence-electron chi connectivity index (χ4n) is 2.83. The fourth-order valence-corrected chi connectivity index (χ4v) is 3.02. The van der Waals surface area contributed by atoms with Crippen molar-refractivity contribution in [1.29, 1.82) is 0 Å². The van der Waals surface area contributed by atoms with Gasteiger partial charge in [0.2, 0.25) is 5.89 Å². The van der Waals surface area contributed by atoms with Crippen LogP contribution in [0.1, 0.15) is 18.7 Å². The van der Waals surface area contributed by atoms with Gasteiger partial charge in [-0.1, -0.05) is 29.8 Å². The van der Waals surface area contributed by atoms with Crippen molar-refractivity contribution in [1.82, 2.24) is 9.88 Å². The van der Waals surface area contributed by atoms with Crippen LogP contribution in [0.4, 0.5) is 0 Å². The molecule has 2 aromatic rings. The molecule has 3 nitrogen and oxygen atoms in total. The zero-order chi connectivity index (χ0) is 14.7. The van der Waals surface area contributed by atoms with Gasteiger partial charge in [0.1, 0.15) is 0 Å². The third-order valence-corrected chi connectivity index (χ3v) is 4.13. The first-order valence-electron chi connectivity index (χ1n) is 7.28. The zero-order valence-corrected chi connectivity index (χ0v) is 12.7. The Hall–Kier alpha value is -1.58. The van der Waals surface area contributed by atoms with Gasteiger partial charge >= 0.3 is 0 Å². The quantitative estimate of drug-likeness (QED) is 0.767. The van der Waals surface area contributed by atoms with E-state index < -0.39 is 0 Å². The average Bonchev–Trinajstić information content (AvgIpc) is 3.10. The molecule has 1 aliphatic rings. The van der Waals surface area contributed by atoms with Crippen LogP contribution in [0.5, 0.6) is 0 Å². The SMILES string of the molecule is C=CCC1CCN(Cc2ncc(-c3cccc(Cl)c3)o2)C1. The Balaban J connectivity index is 1.65. The van der Waals surface area contributed by atoms with Crippen molar-refractivity contribution in [2.75, 3.05) is 13.1 Å². The third kappa shape index (κ3) is 3.55. The first-order chi connectivity index (χ1) is 10.2. The fraction of sp³-hybridized carbons (Fsp3) is 0.353. The molecular weight excluding hydrogens is 284 g/mol. The highest BCUT2D eigenvalue weighted by atomic mass is 35.5. The number of allylic oxidation sites excluding steroid dienone is 1. The van der Waals surface area contributed by atoms with Crippen LogP contribution in [-0.2, 0) is 6.54 Å². The van der Waals surface area contributed by atoms with E-state index >= 15 is 0 Å². The van der Waals surface area contributed by atoms with Crippen molar-refractivity contribution >= 4 is 11.6 Å². The maximum atomic E-state index is 6.01. The van der Waals surface area contributed by atoms with Gasteiger partial charge in [-0.25, -0.2) is 4.98 Å². The first kappa shape index (κ1) is 14.4. The number of hydrogen-bond acceptors (Lipinski definition) is 3. The van der Waals surface area contributed by atoms with Crippen molar-refractivity contribution in [2.45, 2.75) is 19.4 Å². The van der Waals surface area contributed by atoms with E-state index in [1.807, 2.05) is 30.3 Å². The maximum Gasteiger partial charge on any atom is 0.209 e. The highest BCUT2D eigenvalue weighted by Gasteiger charge is 2.22. The zero-order valence-electron chi connectivity index (χ0n) is 12.0. The molecule has 21 heavy (non-hydrogen) atoms. The van der Waals surface area contributed by atoms with E-state index in [4.69, 9.17) is 16.0 Å². The molecule has 0 bridgehead atoms. The van der Waals surface area contributed by atoms with Gasteiger partial charge in [-0.05, 0) is 37.4 Å². The molecule has 0 aliphatic carbocycles. The number of oxazole rings is 1. The molecule has 0 radical (unpaired) electrons. The molecule has 2 heterocycles. The van der Waals surface area contributed by atoms with Crippen molar-refractivity contribution < 1.29 is 4.42 Å². The summed E-state index contributed by atoms with van der Waals surface area (Å²) in [5.74, 6) is 2.27. The van der Waals surface area contributed by atoms with E-state index in [0.717, 1.165) is 49.2 Å². The molecule has 1 aromatic carbocycles. The van der Waals surface area contributed by atoms with Gasteiger partial charge in [0, 0.05) is 17.1 Å². The van der Waals surface area contributed by atoms with Crippen LogP contribution in [0, 0.1) is 5.92 Å². The second-order valence-electron chi connectivity index (χ2n) is 5.54. The molecule has 1 aromatic heterocycles. The second kappa shape index (κ2) is 6.46. The van der Waals surface area contributed by atoms with Gasteiger partial charge in [0.05, 0.1) is 12.7 Å². The Labute approximate surface area is 130 Å². The highest BCUT2D eigenvalue weighted by Crippen LogP contribution is 2.25. The summed E-state index contributed by atoms with van der Waals surface area (Å²) in [5, 5.41) is 0.706. The topological polar surface area (TPSA) is 29.3 Å². The number of aromatic nitrogens is 1. The lowest BCUT2D eigenvalue weighted by Gasteiger charge is -2.12. The molecule has 110 valence electrons. The maximum absolute atomic E-state index is 6.01. The Bertz CT molecular complexity index is 623. The van der Waals surface area contributed by atoms with E-state index in [0.29, 0.717) is 5.02 Å². The Morgan fingerprint density at radius 1 is 1.48 bits per heavy atom. The Morgan fingerprint density at radius 2 is 2.38 bits per heavy atom. The minimum absolute atomic E-state index is 0.706. The van der Waals surface area contributed by atoms with Gasteiger partial charge in [-0.15, -0.1) is 6.58 Å². The van der Waals surface area contributed by atoms with Crippen LogP contribution in [0.15, 0.2) is 47.5 Å². The smallest absolute Gasteiger partial charge is 0.209 e. The molecule has 1 saturated heterocycles. The van der Waals surface area contributed by atoms with Gasteiger partial charge in [-0.2, -0.15) is 0 Å². The van der Waals surface area contributed by atoms with E-state index in [1.165, 1.54) is 6.42 Å². The lowest BCUT2D eigenvalue weighted by atomic mass is 10.1. The molecule has 0 saturated carbocycles. The number of likely N-dealkylation sites (tertiary alicyclic amines) is 1. The lowest BCUT2D eigenvalue weighted by Crippen LogP contribution is -2.20. The number of nitrogens with zero attached hydrogens (tertiary/aromatic N) is 2. The molecule has 4 heteroatoms. The van der Waals surface area contributed by atoms with E-state index in [1.54, 1.807) is 6.20 Å². The number of rotatable bonds is 5. The van der Waals surface area contributed by atoms with Gasteiger partial charge in [-0.3, -0.25) is 4.90 Å². The second-order valence-corrected chi connectivity index (χ2v) is 5.98. The molecular formula is C17H19ClN2O. The molecule has 1 atom stereocenters. The summed E-state index contributed by atoms with van der Waals surface area (Å²) in [6.07, 6.45) is 6.11. The monoisotopic (exact) mass is 302 g/mol. The first-order valence-corrected chi connectivity index (χ1v) is 7.66. The van der Waals surface area contributed by atoms with E-state index in [9.17, 15) is 0 Å². The van der Waals surface area contributed by atoms with Crippen LogP contribution in [-0.4, -0.2) is 23.0 Å². The molecule has 1 fully saturated rings. The summed E-state index contributed by atoms with van der Waals surface area (Å²) < 4.78 is 5.85. The van der Waals surface area contributed by atoms with Crippen LogP contribution < -0.4 is 0 Å². The van der Waals surface area contributed by atoms with E-state index in [2.05, 4.69) is 16.5 Å². The summed E-state index contributed by atoms with van der Waals surface area (Å²) in [5.41, 5.74) is 0.965. The van der Waals surface area contributed by atoms with Crippen molar-refractivity contribution in [2.24, 2.45) is 5.92 Å². The molecule has 0 N–H and O–H groups in total. The van der Waals surface area contributed by atoms with Crippen LogP contribution in [0.2, 0.25) is 5.02 Å². The summed E-state index contributed by atoms with van der Waals surface area (Å²) in [7, 11) is 0. The average molecular weight is 303 g/mol.